The van der Waals surface area contributed by atoms with Gasteiger partial charge in [0.25, 0.3) is 11.8 Å². The molecule has 4 rings (SSSR count). The van der Waals surface area contributed by atoms with Crippen LogP contribution in [-0.4, -0.2) is 33.3 Å². The number of hydrogen-bond acceptors (Lipinski definition) is 5. The first kappa shape index (κ1) is 20.6. The number of fused-ring (bicyclic) bond motifs is 2. The van der Waals surface area contributed by atoms with Crippen LogP contribution in [0, 0.1) is 0 Å². The standard InChI is InChI=1S/C21H16F3N3O4/c1-20(2,3)31-19(30)27-15-9-8-11(21(22,23)24)10-14(15)16(25-27)26-17(28)12-6-4-5-7-13(12)18(26)29/h4-10H,1-3H3. The zero-order chi connectivity index (χ0) is 22.7. The predicted octanol–water partition coefficient (Wildman–Crippen LogP) is 4.64. The maximum atomic E-state index is 13.3. The Hall–Kier alpha value is -3.69. The molecule has 0 N–H and O–H groups in total. The maximum absolute atomic E-state index is 13.3. The molecule has 2 heterocycles. The van der Waals surface area contributed by atoms with Gasteiger partial charge in [0.05, 0.1) is 22.2 Å². The van der Waals surface area contributed by atoms with Crippen molar-refractivity contribution in [3.8, 4) is 0 Å². The second kappa shape index (κ2) is 6.66. The van der Waals surface area contributed by atoms with Crippen molar-refractivity contribution in [3.05, 3.63) is 59.2 Å². The maximum Gasteiger partial charge on any atom is 0.435 e. The Balaban J connectivity index is 1.93. The summed E-state index contributed by atoms with van der Waals surface area (Å²) in [6, 6.07) is 8.59. The van der Waals surface area contributed by atoms with Crippen LogP contribution >= 0.6 is 0 Å². The van der Waals surface area contributed by atoms with E-state index in [1.807, 2.05) is 0 Å². The summed E-state index contributed by atoms with van der Waals surface area (Å²) in [6.45, 7) is 4.84. The van der Waals surface area contributed by atoms with Crippen LogP contribution in [0.3, 0.4) is 0 Å². The number of aromatic nitrogens is 2. The number of alkyl halides is 3. The molecule has 7 nitrogen and oxygen atoms in total. The van der Waals surface area contributed by atoms with E-state index in [9.17, 15) is 27.6 Å². The zero-order valence-electron chi connectivity index (χ0n) is 16.6. The van der Waals surface area contributed by atoms with Crippen LogP contribution in [0.5, 0.6) is 0 Å². The number of imide groups is 1. The summed E-state index contributed by atoms with van der Waals surface area (Å²) in [4.78, 5) is 39.0. The van der Waals surface area contributed by atoms with Crippen molar-refractivity contribution in [2.45, 2.75) is 32.5 Å². The van der Waals surface area contributed by atoms with Gasteiger partial charge in [-0.25, -0.2) is 9.69 Å². The summed E-state index contributed by atoms with van der Waals surface area (Å²) < 4.78 is 46.0. The highest BCUT2D eigenvalue weighted by Gasteiger charge is 2.40. The van der Waals surface area contributed by atoms with E-state index in [0.717, 1.165) is 22.9 Å². The minimum Gasteiger partial charge on any atom is -0.442 e. The number of rotatable bonds is 1. The fourth-order valence-electron chi connectivity index (χ4n) is 3.27. The third-order valence-electron chi connectivity index (χ3n) is 4.56. The van der Waals surface area contributed by atoms with Gasteiger partial charge in [-0.2, -0.15) is 17.9 Å². The van der Waals surface area contributed by atoms with Gasteiger partial charge in [0.2, 0.25) is 0 Å². The summed E-state index contributed by atoms with van der Waals surface area (Å²) in [5.41, 5.74) is -1.76. The first-order valence-electron chi connectivity index (χ1n) is 9.19. The summed E-state index contributed by atoms with van der Waals surface area (Å²) in [6.07, 6.45) is -5.64. The molecule has 10 heteroatoms. The molecule has 3 aromatic rings. The lowest BCUT2D eigenvalue weighted by atomic mass is 10.1. The molecule has 0 unspecified atom stereocenters. The smallest absolute Gasteiger partial charge is 0.435 e. The van der Waals surface area contributed by atoms with Gasteiger partial charge in [-0.15, -0.1) is 5.10 Å². The van der Waals surface area contributed by atoms with Gasteiger partial charge in [0, 0.05) is 5.39 Å². The molecule has 0 spiro atoms. The number of nitrogens with zero attached hydrogens (tertiary/aromatic N) is 3. The first-order valence-corrected chi connectivity index (χ1v) is 9.19. The van der Waals surface area contributed by atoms with E-state index < -0.39 is 35.2 Å². The molecular weight excluding hydrogens is 415 g/mol. The van der Waals surface area contributed by atoms with Gasteiger partial charge in [0.15, 0.2) is 5.82 Å². The molecule has 0 bridgehead atoms. The van der Waals surface area contributed by atoms with Gasteiger partial charge < -0.3 is 4.74 Å². The Morgan fingerprint density at radius 3 is 2.06 bits per heavy atom. The first-order chi connectivity index (χ1) is 14.4. The lowest BCUT2D eigenvalue weighted by molar-refractivity contribution is -0.137. The van der Waals surface area contributed by atoms with Gasteiger partial charge >= 0.3 is 12.3 Å². The van der Waals surface area contributed by atoms with E-state index in [1.54, 1.807) is 32.9 Å². The van der Waals surface area contributed by atoms with E-state index in [-0.39, 0.29) is 27.8 Å². The Kier molecular flexibility index (Phi) is 4.42. The molecule has 0 saturated heterocycles. The van der Waals surface area contributed by atoms with Crippen molar-refractivity contribution < 1.29 is 32.3 Å². The number of halogens is 3. The molecule has 0 atom stereocenters. The van der Waals surface area contributed by atoms with E-state index in [4.69, 9.17) is 4.74 Å². The molecule has 0 aliphatic carbocycles. The summed E-state index contributed by atoms with van der Waals surface area (Å²) in [5, 5.41) is 3.84. The average Bonchev–Trinajstić information content (AvgIpc) is 3.15. The zero-order valence-corrected chi connectivity index (χ0v) is 16.6. The van der Waals surface area contributed by atoms with Crippen LogP contribution in [-0.2, 0) is 10.9 Å². The SMILES string of the molecule is CC(C)(C)OC(=O)n1nc(N2C(=O)c3ccccc3C2=O)c2cc(C(F)(F)F)ccc21. The molecule has 1 aromatic heterocycles. The van der Waals surface area contributed by atoms with Crippen LogP contribution in [0.25, 0.3) is 10.9 Å². The lowest BCUT2D eigenvalue weighted by Gasteiger charge is -2.19. The van der Waals surface area contributed by atoms with Crippen molar-refractivity contribution in [1.82, 2.24) is 9.78 Å². The lowest BCUT2D eigenvalue weighted by Crippen LogP contribution is -2.31. The van der Waals surface area contributed by atoms with E-state index in [2.05, 4.69) is 5.10 Å². The molecule has 2 amide bonds. The van der Waals surface area contributed by atoms with Crippen LogP contribution < -0.4 is 4.90 Å². The van der Waals surface area contributed by atoms with Crippen molar-refractivity contribution in [2.24, 2.45) is 0 Å². The fourth-order valence-corrected chi connectivity index (χ4v) is 3.27. The van der Waals surface area contributed by atoms with Crippen LogP contribution in [0.2, 0.25) is 0 Å². The third kappa shape index (κ3) is 3.43. The summed E-state index contributed by atoms with van der Waals surface area (Å²) in [5.74, 6) is -1.86. The van der Waals surface area contributed by atoms with Crippen LogP contribution in [0.15, 0.2) is 42.5 Å². The summed E-state index contributed by atoms with van der Waals surface area (Å²) >= 11 is 0. The van der Waals surface area contributed by atoms with Crippen molar-refractivity contribution in [1.29, 1.82) is 0 Å². The predicted molar refractivity (Wildman–Crippen MR) is 104 cm³/mol. The highest BCUT2D eigenvalue weighted by molar-refractivity contribution is 6.35. The topological polar surface area (TPSA) is 81.5 Å². The molecule has 160 valence electrons. The molecule has 1 aliphatic rings. The Labute approximate surface area is 174 Å². The largest absolute Gasteiger partial charge is 0.442 e. The van der Waals surface area contributed by atoms with Gasteiger partial charge in [-0.1, -0.05) is 12.1 Å². The second-order valence-electron chi connectivity index (χ2n) is 7.94. The minimum absolute atomic E-state index is 0.0335. The number of hydrogen-bond donors (Lipinski definition) is 0. The Morgan fingerprint density at radius 1 is 0.968 bits per heavy atom. The Morgan fingerprint density at radius 2 is 1.55 bits per heavy atom. The second-order valence-corrected chi connectivity index (χ2v) is 7.94. The molecule has 0 radical (unpaired) electrons. The van der Waals surface area contributed by atoms with E-state index >= 15 is 0 Å². The molecule has 2 aromatic carbocycles. The van der Waals surface area contributed by atoms with Crippen molar-refractivity contribution in [3.63, 3.8) is 0 Å². The minimum atomic E-state index is -4.68. The monoisotopic (exact) mass is 431 g/mol. The van der Waals surface area contributed by atoms with Gasteiger partial charge in [-0.05, 0) is 51.1 Å². The quantitative estimate of drug-likeness (QED) is 0.525. The highest BCUT2D eigenvalue weighted by atomic mass is 19.4. The number of ether oxygens (including phenoxy) is 1. The summed E-state index contributed by atoms with van der Waals surface area (Å²) in [7, 11) is 0. The number of carbonyl (C=O) groups is 3. The number of amides is 2. The fraction of sp³-hybridized carbons (Fsp3) is 0.238. The van der Waals surface area contributed by atoms with Gasteiger partial charge in [-0.3, -0.25) is 9.59 Å². The number of anilines is 1. The van der Waals surface area contributed by atoms with Gasteiger partial charge in [0.1, 0.15) is 5.60 Å². The van der Waals surface area contributed by atoms with Crippen molar-refractivity contribution >= 4 is 34.6 Å². The molecule has 1 aliphatic heterocycles. The highest BCUT2D eigenvalue weighted by Crippen LogP contribution is 2.37. The average molecular weight is 431 g/mol. The van der Waals surface area contributed by atoms with Crippen molar-refractivity contribution in [2.75, 3.05) is 4.90 Å². The molecular formula is C21H16F3N3O4. The van der Waals surface area contributed by atoms with E-state index in [1.165, 1.54) is 12.1 Å². The third-order valence-corrected chi connectivity index (χ3v) is 4.56. The Bertz CT molecular complexity index is 1220. The number of carbonyl (C=O) groups excluding carboxylic acids is 3. The van der Waals surface area contributed by atoms with E-state index in [0.29, 0.717) is 4.90 Å². The molecule has 31 heavy (non-hydrogen) atoms. The number of benzene rings is 2. The van der Waals surface area contributed by atoms with Crippen LogP contribution in [0.4, 0.5) is 23.8 Å². The molecule has 0 fully saturated rings. The normalized spacial score (nSPS) is 14.3. The van der Waals surface area contributed by atoms with Crippen LogP contribution in [0.1, 0.15) is 47.1 Å². The molecule has 0 saturated carbocycles.